The molecule has 1 amide bonds. The Morgan fingerprint density at radius 1 is 1.03 bits per heavy atom. The second-order valence-electron chi connectivity index (χ2n) is 7.35. The Balaban J connectivity index is 1.43. The summed E-state index contributed by atoms with van der Waals surface area (Å²) in [4.78, 5) is 24.8. The van der Waals surface area contributed by atoms with Gasteiger partial charge in [-0.15, -0.1) is 0 Å². The summed E-state index contributed by atoms with van der Waals surface area (Å²) in [5, 5.41) is 13.1. The SMILES string of the molecule is COc1cccc2cc(-c3ccc(OCC(=O)N[C@@H](CO)c4ccccc4)cc3)c(=O)oc12. The van der Waals surface area contributed by atoms with Crippen molar-refractivity contribution in [1.82, 2.24) is 5.32 Å². The van der Waals surface area contributed by atoms with Gasteiger partial charge in [0.25, 0.3) is 5.91 Å². The minimum absolute atomic E-state index is 0.208. The predicted molar refractivity (Wildman–Crippen MR) is 124 cm³/mol. The van der Waals surface area contributed by atoms with E-state index >= 15 is 0 Å². The van der Waals surface area contributed by atoms with Crippen molar-refractivity contribution in [3.63, 3.8) is 0 Å². The third kappa shape index (κ3) is 5.05. The molecule has 1 atom stereocenters. The first kappa shape index (κ1) is 22.1. The topological polar surface area (TPSA) is 98.0 Å². The van der Waals surface area contributed by atoms with Gasteiger partial charge in [-0.05, 0) is 35.4 Å². The minimum Gasteiger partial charge on any atom is -0.493 e. The van der Waals surface area contributed by atoms with E-state index in [0.717, 1.165) is 10.9 Å². The molecule has 3 aromatic carbocycles. The first-order chi connectivity index (χ1) is 16.1. The molecule has 0 saturated heterocycles. The number of benzene rings is 3. The molecule has 0 aliphatic heterocycles. The first-order valence-electron chi connectivity index (χ1n) is 10.4. The molecule has 0 radical (unpaired) electrons. The Labute approximate surface area is 190 Å². The second kappa shape index (κ2) is 10.0. The molecule has 2 N–H and O–H groups in total. The zero-order valence-corrected chi connectivity index (χ0v) is 18.0. The summed E-state index contributed by atoms with van der Waals surface area (Å²) in [5.41, 5.74) is 1.81. The van der Waals surface area contributed by atoms with E-state index < -0.39 is 11.7 Å². The highest BCUT2D eigenvalue weighted by atomic mass is 16.5. The molecule has 0 saturated carbocycles. The van der Waals surface area contributed by atoms with Gasteiger partial charge in [0.15, 0.2) is 17.9 Å². The number of ether oxygens (including phenoxy) is 2. The molecule has 0 aliphatic rings. The van der Waals surface area contributed by atoms with Gasteiger partial charge in [0.05, 0.1) is 25.3 Å². The highest BCUT2D eigenvalue weighted by Gasteiger charge is 2.14. The highest BCUT2D eigenvalue weighted by molar-refractivity contribution is 5.86. The van der Waals surface area contributed by atoms with Crippen molar-refractivity contribution in [3.8, 4) is 22.6 Å². The van der Waals surface area contributed by atoms with Crippen LogP contribution in [0, 0.1) is 0 Å². The zero-order chi connectivity index (χ0) is 23.2. The number of hydrogen-bond donors (Lipinski definition) is 2. The fourth-order valence-corrected chi connectivity index (χ4v) is 3.52. The summed E-state index contributed by atoms with van der Waals surface area (Å²) < 4.78 is 16.3. The molecular weight excluding hydrogens is 422 g/mol. The van der Waals surface area contributed by atoms with Crippen LogP contribution >= 0.6 is 0 Å². The molecule has 168 valence electrons. The minimum atomic E-state index is -0.504. The molecule has 4 aromatic rings. The van der Waals surface area contributed by atoms with E-state index in [9.17, 15) is 14.7 Å². The Kier molecular flexibility index (Phi) is 6.71. The van der Waals surface area contributed by atoms with Gasteiger partial charge in [-0.3, -0.25) is 4.79 Å². The maximum atomic E-state index is 12.5. The lowest BCUT2D eigenvalue weighted by Gasteiger charge is -2.17. The summed E-state index contributed by atoms with van der Waals surface area (Å²) in [7, 11) is 1.52. The quantitative estimate of drug-likeness (QED) is 0.402. The fraction of sp³-hybridized carbons (Fsp3) is 0.154. The largest absolute Gasteiger partial charge is 0.493 e. The fourth-order valence-electron chi connectivity index (χ4n) is 3.52. The molecule has 33 heavy (non-hydrogen) atoms. The average molecular weight is 445 g/mol. The lowest BCUT2D eigenvalue weighted by atomic mass is 10.1. The van der Waals surface area contributed by atoms with Gasteiger partial charge >= 0.3 is 5.63 Å². The van der Waals surface area contributed by atoms with Gasteiger partial charge < -0.3 is 24.3 Å². The number of para-hydroxylation sites is 1. The Hall–Kier alpha value is -4.10. The molecule has 1 heterocycles. The maximum absolute atomic E-state index is 12.5. The van der Waals surface area contributed by atoms with E-state index in [1.165, 1.54) is 7.11 Å². The van der Waals surface area contributed by atoms with E-state index in [2.05, 4.69) is 5.32 Å². The van der Waals surface area contributed by atoms with Crippen LogP contribution in [0.1, 0.15) is 11.6 Å². The van der Waals surface area contributed by atoms with E-state index in [4.69, 9.17) is 13.9 Å². The average Bonchev–Trinajstić information content (AvgIpc) is 2.86. The molecular formula is C26H23NO6. The lowest BCUT2D eigenvalue weighted by Crippen LogP contribution is -2.34. The van der Waals surface area contributed by atoms with Gasteiger partial charge in [-0.1, -0.05) is 54.6 Å². The van der Waals surface area contributed by atoms with Crippen LogP contribution in [0.2, 0.25) is 0 Å². The second-order valence-corrected chi connectivity index (χ2v) is 7.35. The van der Waals surface area contributed by atoms with E-state index in [1.807, 2.05) is 42.5 Å². The summed E-state index contributed by atoms with van der Waals surface area (Å²) in [6, 6.07) is 22.7. The number of aliphatic hydroxyl groups is 1. The van der Waals surface area contributed by atoms with Crippen LogP contribution in [0.15, 0.2) is 88.1 Å². The van der Waals surface area contributed by atoms with Crippen molar-refractivity contribution in [1.29, 1.82) is 0 Å². The first-order valence-corrected chi connectivity index (χ1v) is 10.4. The van der Waals surface area contributed by atoms with Crippen LogP contribution in [0.3, 0.4) is 0 Å². The number of hydrogen-bond acceptors (Lipinski definition) is 6. The summed E-state index contributed by atoms with van der Waals surface area (Å²) >= 11 is 0. The molecule has 0 spiro atoms. The molecule has 7 nitrogen and oxygen atoms in total. The van der Waals surface area contributed by atoms with Crippen LogP contribution < -0.4 is 20.4 Å². The number of carbonyl (C=O) groups is 1. The van der Waals surface area contributed by atoms with Crippen molar-refractivity contribution >= 4 is 16.9 Å². The van der Waals surface area contributed by atoms with Gasteiger partial charge in [-0.25, -0.2) is 4.79 Å². The van der Waals surface area contributed by atoms with Crippen LogP contribution in [0.5, 0.6) is 11.5 Å². The Morgan fingerprint density at radius 3 is 2.48 bits per heavy atom. The molecule has 4 rings (SSSR count). The van der Waals surface area contributed by atoms with Crippen molar-refractivity contribution in [2.45, 2.75) is 6.04 Å². The molecule has 0 aliphatic carbocycles. The Bertz CT molecular complexity index is 1300. The number of fused-ring (bicyclic) bond motifs is 1. The maximum Gasteiger partial charge on any atom is 0.344 e. The van der Waals surface area contributed by atoms with Gasteiger partial charge in [0, 0.05) is 5.39 Å². The summed E-state index contributed by atoms with van der Waals surface area (Å²) in [6.07, 6.45) is 0. The summed E-state index contributed by atoms with van der Waals surface area (Å²) in [6.45, 7) is -0.425. The number of aliphatic hydroxyl groups excluding tert-OH is 1. The third-order valence-corrected chi connectivity index (χ3v) is 5.20. The van der Waals surface area contributed by atoms with Crippen LogP contribution in [0.4, 0.5) is 0 Å². The van der Waals surface area contributed by atoms with Gasteiger partial charge in [-0.2, -0.15) is 0 Å². The molecule has 0 bridgehead atoms. The lowest BCUT2D eigenvalue weighted by molar-refractivity contribution is -0.124. The van der Waals surface area contributed by atoms with Crippen molar-refractivity contribution in [2.75, 3.05) is 20.3 Å². The van der Waals surface area contributed by atoms with Crippen LogP contribution in [-0.4, -0.2) is 31.3 Å². The molecule has 7 heteroatoms. The van der Waals surface area contributed by atoms with Crippen molar-refractivity contribution in [3.05, 3.63) is 94.8 Å². The van der Waals surface area contributed by atoms with Gasteiger partial charge in [0.1, 0.15) is 5.75 Å². The number of methoxy groups -OCH3 is 1. The molecule has 1 aromatic heterocycles. The Morgan fingerprint density at radius 2 is 1.79 bits per heavy atom. The van der Waals surface area contributed by atoms with E-state index in [-0.39, 0.29) is 19.1 Å². The monoisotopic (exact) mass is 445 g/mol. The van der Waals surface area contributed by atoms with Crippen molar-refractivity contribution < 1.29 is 23.8 Å². The highest BCUT2D eigenvalue weighted by Crippen LogP contribution is 2.28. The van der Waals surface area contributed by atoms with Gasteiger partial charge in [0.2, 0.25) is 0 Å². The van der Waals surface area contributed by atoms with Crippen LogP contribution in [-0.2, 0) is 4.79 Å². The number of amides is 1. The molecule has 0 unspecified atom stereocenters. The number of carbonyl (C=O) groups excluding carboxylic acids is 1. The standard InChI is InChI=1S/C26H23NO6/c1-31-23-9-5-8-19-14-21(26(30)33-25(19)23)17-10-12-20(13-11-17)32-16-24(29)27-22(15-28)18-6-3-2-4-7-18/h2-14,22,28H,15-16H2,1H3,(H,27,29)/t22-/m0/s1. The van der Waals surface area contributed by atoms with Crippen molar-refractivity contribution in [2.24, 2.45) is 0 Å². The third-order valence-electron chi connectivity index (χ3n) is 5.20. The normalized spacial score (nSPS) is 11.7. The smallest absolute Gasteiger partial charge is 0.344 e. The van der Waals surface area contributed by atoms with E-state index in [0.29, 0.717) is 28.2 Å². The predicted octanol–water partition coefficient (Wildman–Crippen LogP) is 3.70. The summed E-state index contributed by atoms with van der Waals surface area (Å²) in [5.74, 6) is 0.612. The zero-order valence-electron chi connectivity index (χ0n) is 18.0. The van der Waals surface area contributed by atoms with E-state index in [1.54, 1.807) is 36.4 Å². The number of nitrogens with one attached hydrogen (secondary N) is 1. The number of rotatable bonds is 8. The van der Waals surface area contributed by atoms with Crippen LogP contribution in [0.25, 0.3) is 22.1 Å². The molecule has 0 fully saturated rings.